The summed E-state index contributed by atoms with van der Waals surface area (Å²) < 4.78 is 41.2. The number of benzene rings is 4. The van der Waals surface area contributed by atoms with Gasteiger partial charge in [-0.2, -0.15) is 0 Å². The maximum atomic E-state index is 13.3. The first-order chi connectivity index (χ1) is 28.9. The molecule has 17 nitrogen and oxygen atoms in total. The second kappa shape index (κ2) is 20.7. The molecule has 0 radical (unpaired) electrons. The second-order valence-corrected chi connectivity index (χ2v) is 12.9. The minimum absolute atomic E-state index is 0.0177. The van der Waals surface area contributed by atoms with Gasteiger partial charge in [-0.3, -0.25) is 14.5 Å². The van der Waals surface area contributed by atoms with Gasteiger partial charge in [0.25, 0.3) is 11.8 Å². The van der Waals surface area contributed by atoms with Crippen LogP contribution in [-0.2, 0) is 47.6 Å². The monoisotopic (exact) mass is 825 g/mol. The first kappa shape index (κ1) is 43.6. The summed E-state index contributed by atoms with van der Waals surface area (Å²) in [7, 11) is 1.17. The predicted molar refractivity (Wildman–Crippen MR) is 209 cm³/mol. The van der Waals surface area contributed by atoms with E-state index in [1.807, 2.05) is 0 Å². The van der Waals surface area contributed by atoms with Gasteiger partial charge >= 0.3 is 36.2 Å². The zero-order valence-corrected chi connectivity index (χ0v) is 32.3. The Labute approximate surface area is 342 Å². The van der Waals surface area contributed by atoms with Crippen molar-refractivity contribution in [3.05, 3.63) is 109 Å². The van der Waals surface area contributed by atoms with Crippen molar-refractivity contribution >= 4 is 69.5 Å². The number of hydrogen-bond acceptors (Lipinski definition) is 16. The summed E-state index contributed by atoms with van der Waals surface area (Å²) in [6.07, 6.45) is -1.50. The molecule has 0 N–H and O–H groups in total. The summed E-state index contributed by atoms with van der Waals surface area (Å²) in [5.74, 6) is -4.47. The van der Waals surface area contributed by atoms with Gasteiger partial charge in [0.15, 0.2) is 0 Å². The lowest BCUT2D eigenvalue weighted by molar-refractivity contribution is -0.140. The Morgan fingerprint density at radius 1 is 0.533 bits per heavy atom. The fourth-order valence-electron chi connectivity index (χ4n) is 5.60. The van der Waals surface area contributed by atoms with E-state index in [9.17, 15) is 38.4 Å². The Balaban J connectivity index is 1.14. The Morgan fingerprint density at radius 3 is 1.27 bits per heavy atom. The Kier molecular flexibility index (Phi) is 15.1. The SMILES string of the molecule is C=CC(=O)OCCCCOC(=O)Oc1ccc2cc(C(=O)O[C@H]3C(=O)N(C)C(=O)[C@@H]3OC(=O)c3ccc4cc(OC(=O)OCCCCOC(=O)C=C)ccc4c3)ccc2c1. The van der Waals surface area contributed by atoms with E-state index in [0.717, 1.165) is 12.2 Å². The standard InChI is InChI=1S/C43H39NO16/c1-4-34(45)53-18-6-8-20-55-42(51)57-32-16-14-26-22-30(12-10-28(26)24-32)40(49)59-36-37(39(48)44(3)38(36)47)60-41(50)31-13-11-29-25-33(17-15-27(29)23-31)58-43(52)56-21-9-7-19-54-35(46)5-2/h4-5,10-17,22-25,36-37H,1-2,6-9,18-21H2,3H3/t36-,37-/m1/s1. The van der Waals surface area contributed by atoms with Crippen LogP contribution < -0.4 is 9.47 Å². The van der Waals surface area contributed by atoms with E-state index >= 15 is 0 Å². The molecule has 0 aliphatic carbocycles. The largest absolute Gasteiger partial charge is 0.513 e. The van der Waals surface area contributed by atoms with Gasteiger partial charge in [0.1, 0.15) is 11.5 Å². The molecule has 1 heterocycles. The maximum absolute atomic E-state index is 13.3. The molecule has 0 spiro atoms. The molecule has 0 unspecified atom stereocenters. The number of likely N-dealkylation sites (tertiary alicyclic amines) is 1. The minimum Gasteiger partial charge on any atom is -0.463 e. The van der Waals surface area contributed by atoms with Crippen LogP contribution in [0.25, 0.3) is 21.5 Å². The van der Waals surface area contributed by atoms with E-state index in [0.29, 0.717) is 52.1 Å². The molecule has 1 aliphatic heterocycles. The first-order valence-electron chi connectivity index (χ1n) is 18.5. The first-order valence-corrected chi connectivity index (χ1v) is 18.5. The van der Waals surface area contributed by atoms with E-state index in [2.05, 4.69) is 13.2 Å². The molecule has 0 bridgehead atoms. The van der Waals surface area contributed by atoms with E-state index < -0.39 is 60.2 Å². The van der Waals surface area contributed by atoms with E-state index in [4.69, 9.17) is 37.9 Å². The third kappa shape index (κ3) is 11.7. The van der Waals surface area contributed by atoms with Gasteiger partial charge in [0, 0.05) is 19.2 Å². The van der Waals surface area contributed by atoms with Gasteiger partial charge in [-0.05, 0) is 95.8 Å². The number of carbonyl (C=O) groups is 8. The van der Waals surface area contributed by atoms with Gasteiger partial charge in [-0.25, -0.2) is 28.8 Å². The van der Waals surface area contributed by atoms with Crippen molar-refractivity contribution in [1.82, 2.24) is 4.90 Å². The number of esters is 4. The zero-order chi connectivity index (χ0) is 43.2. The van der Waals surface area contributed by atoms with E-state index in [1.165, 1.54) is 43.4 Å². The Morgan fingerprint density at radius 2 is 0.883 bits per heavy atom. The molecule has 4 aromatic rings. The molecule has 0 saturated carbocycles. The van der Waals surface area contributed by atoms with Crippen molar-refractivity contribution in [3.8, 4) is 11.5 Å². The number of amides is 2. The molecule has 1 aliphatic rings. The number of likely N-dealkylation sites (N-methyl/N-ethyl adjacent to an activating group) is 1. The second-order valence-electron chi connectivity index (χ2n) is 12.9. The minimum atomic E-state index is -1.77. The molecular formula is C43H39NO16. The van der Waals surface area contributed by atoms with Crippen LogP contribution in [0, 0.1) is 0 Å². The molecule has 17 heteroatoms. The average molecular weight is 826 g/mol. The predicted octanol–water partition coefficient (Wildman–Crippen LogP) is 5.79. The Hall–Kier alpha value is -7.56. The molecule has 1 saturated heterocycles. The van der Waals surface area contributed by atoms with Gasteiger partial charge < -0.3 is 37.9 Å². The van der Waals surface area contributed by atoms with E-state index in [-0.39, 0.29) is 49.1 Å². The molecule has 60 heavy (non-hydrogen) atoms. The lowest BCUT2D eigenvalue weighted by Crippen LogP contribution is -2.37. The molecule has 1 fully saturated rings. The summed E-state index contributed by atoms with van der Waals surface area (Å²) in [5, 5.41) is 2.24. The van der Waals surface area contributed by atoms with Crippen LogP contribution in [0.2, 0.25) is 0 Å². The van der Waals surface area contributed by atoms with E-state index in [1.54, 1.807) is 36.4 Å². The highest BCUT2D eigenvalue weighted by molar-refractivity contribution is 6.10. The third-order valence-corrected chi connectivity index (χ3v) is 8.73. The van der Waals surface area contributed by atoms with Crippen molar-refractivity contribution in [2.45, 2.75) is 37.9 Å². The molecule has 0 aromatic heterocycles. The van der Waals surface area contributed by atoms with Gasteiger partial charge in [0.05, 0.1) is 37.6 Å². The zero-order valence-electron chi connectivity index (χ0n) is 32.3. The lowest BCUT2D eigenvalue weighted by atomic mass is 10.1. The van der Waals surface area contributed by atoms with Gasteiger partial charge in [-0.15, -0.1) is 0 Å². The van der Waals surface area contributed by atoms with Crippen molar-refractivity contribution in [2.24, 2.45) is 0 Å². The third-order valence-electron chi connectivity index (χ3n) is 8.73. The number of fused-ring (bicyclic) bond motifs is 2. The number of unbranched alkanes of at least 4 members (excludes halogenated alkanes) is 2. The molecule has 2 amide bonds. The number of carbonyl (C=O) groups excluding carboxylic acids is 8. The van der Waals surface area contributed by atoms with Crippen LogP contribution in [0.5, 0.6) is 11.5 Å². The molecular weight excluding hydrogens is 786 g/mol. The number of rotatable bonds is 18. The average Bonchev–Trinajstić information content (AvgIpc) is 3.44. The molecule has 2 atom stereocenters. The number of imide groups is 1. The van der Waals surface area contributed by atoms with Crippen LogP contribution in [0.3, 0.4) is 0 Å². The quantitative estimate of drug-likeness (QED) is 0.0290. The summed E-state index contributed by atoms with van der Waals surface area (Å²) in [4.78, 5) is 99.7. The van der Waals surface area contributed by atoms with Crippen molar-refractivity contribution < 1.29 is 76.3 Å². The topological polar surface area (TPSA) is 214 Å². The van der Waals surface area contributed by atoms with Crippen LogP contribution in [0.4, 0.5) is 9.59 Å². The van der Waals surface area contributed by atoms with Crippen LogP contribution in [-0.4, -0.2) is 98.6 Å². The van der Waals surface area contributed by atoms with Crippen molar-refractivity contribution in [1.29, 1.82) is 0 Å². The highest BCUT2D eigenvalue weighted by Crippen LogP contribution is 2.27. The van der Waals surface area contributed by atoms with Crippen LogP contribution >= 0.6 is 0 Å². The lowest BCUT2D eigenvalue weighted by Gasteiger charge is -2.17. The summed E-state index contributed by atoms with van der Waals surface area (Å²) in [5.41, 5.74) is 0.0354. The molecule has 5 rings (SSSR count). The molecule has 312 valence electrons. The van der Waals surface area contributed by atoms with Gasteiger partial charge in [0.2, 0.25) is 12.2 Å². The smallest absolute Gasteiger partial charge is 0.463 e. The summed E-state index contributed by atoms with van der Waals surface area (Å²) in [6, 6.07) is 18.0. The normalized spacial score (nSPS) is 14.5. The summed E-state index contributed by atoms with van der Waals surface area (Å²) in [6.45, 7) is 7.00. The van der Waals surface area contributed by atoms with Crippen molar-refractivity contribution in [2.75, 3.05) is 33.5 Å². The number of nitrogens with zero attached hydrogens (tertiary/aromatic N) is 1. The highest BCUT2D eigenvalue weighted by atomic mass is 16.7. The fraction of sp³-hybridized carbons (Fsp3) is 0.256. The number of hydrogen-bond donors (Lipinski definition) is 0. The Bertz CT molecular complexity index is 2170. The number of ether oxygens (including phenoxy) is 8. The highest BCUT2D eigenvalue weighted by Gasteiger charge is 2.51. The van der Waals surface area contributed by atoms with Gasteiger partial charge in [-0.1, -0.05) is 37.4 Å². The fourth-order valence-corrected chi connectivity index (χ4v) is 5.60. The van der Waals surface area contributed by atoms with Crippen LogP contribution in [0.15, 0.2) is 98.1 Å². The van der Waals surface area contributed by atoms with Crippen LogP contribution in [0.1, 0.15) is 46.4 Å². The molecule has 4 aromatic carbocycles. The maximum Gasteiger partial charge on any atom is 0.513 e. The van der Waals surface area contributed by atoms with Crippen molar-refractivity contribution in [3.63, 3.8) is 0 Å². The summed E-state index contributed by atoms with van der Waals surface area (Å²) >= 11 is 0.